The van der Waals surface area contributed by atoms with Gasteiger partial charge in [-0.25, -0.2) is 4.63 Å². The van der Waals surface area contributed by atoms with Crippen molar-refractivity contribution in [2.45, 2.75) is 13.8 Å². The highest BCUT2D eigenvalue weighted by atomic mass is 16.6. The van der Waals surface area contributed by atoms with Gasteiger partial charge < -0.3 is 5.73 Å². The summed E-state index contributed by atoms with van der Waals surface area (Å²) in [4.78, 5) is 0. The summed E-state index contributed by atoms with van der Waals surface area (Å²) < 4.78 is 6.02. The Morgan fingerprint density at radius 3 is 2.76 bits per heavy atom. The third-order valence-electron chi connectivity index (χ3n) is 3.38. The topological polar surface area (TPSA) is 120 Å². The van der Waals surface area contributed by atoms with Gasteiger partial charge in [0.1, 0.15) is 5.69 Å². The van der Waals surface area contributed by atoms with Gasteiger partial charge in [-0.05, 0) is 35.8 Å². The molecule has 0 fully saturated rings. The molecule has 2 aromatic heterocycles. The predicted octanol–water partition coefficient (Wildman–Crippen LogP) is 2.05. The lowest BCUT2D eigenvalue weighted by molar-refractivity contribution is 0.306. The molecular weight excluding hydrogens is 320 g/mol. The SMILES string of the molecule is CC(=NN=CC=Cc1ccccc1)c1nnn(-c2nonc2N)c1C. The lowest BCUT2D eigenvalue weighted by Crippen LogP contribution is -2.04. The van der Waals surface area contributed by atoms with Gasteiger partial charge in [0, 0.05) is 6.21 Å². The summed E-state index contributed by atoms with van der Waals surface area (Å²) in [5, 5.41) is 23.5. The predicted molar refractivity (Wildman–Crippen MR) is 94.5 cm³/mol. The van der Waals surface area contributed by atoms with Gasteiger partial charge in [0.25, 0.3) is 0 Å². The molecule has 9 heteroatoms. The van der Waals surface area contributed by atoms with Crippen molar-refractivity contribution >= 4 is 23.8 Å². The summed E-state index contributed by atoms with van der Waals surface area (Å²) in [6, 6.07) is 9.93. The molecule has 0 unspecified atom stereocenters. The zero-order valence-electron chi connectivity index (χ0n) is 13.7. The largest absolute Gasteiger partial charge is 0.378 e. The molecule has 2 N–H and O–H groups in total. The van der Waals surface area contributed by atoms with Crippen molar-refractivity contribution in [2.24, 2.45) is 10.2 Å². The lowest BCUT2D eigenvalue weighted by Gasteiger charge is -1.98. The van der Waals surface area contributed by atoms with E-state index in [9.17, 15) is 0 Å². The maximum atomic E-state index is 5.67. The quantitative estimate of drug-likeness (QED) is 0.562. The minimum Gasteiger partial charge on any atom is -0.378 e. The van der Waals surface area contributed by atoms with Crippen LogP contribution < -0.4 is 5.73 Å². The summed E-state index contributed by atoms with van der Waals surface area (Å²) >= 11 is 0. The van der Waals surface area contributed by atoms with Gasteiger partial charge >= 0.3 is 0 Å². The Bertz CT molecular complexity index is 936. The van der Waals surface area contributed by atoms with Crippen LogP contribution in [0.25, 0.3) is 11.9 Å². The molecule has 0 atom stereocenters. The summed E-state index contributed by atoms with van der Waals surface area (Å²) in [7, 11) is 0. The van der Waals surface area contributed by atoms with E-state index in [1.54, 1.807) is 13.1 Å². The molecule has 0 amide bonds. The highest BCUT2D eigenvalue weighted by Crippen LogP contribution is 2.15. The molecule has 2 heterocycles. The van der Waals surface area contributed by atoms with Gasteiger partial charge in [0.2, 0.25) is 11.6 Å². The molecule has 0 aliphatic carbocycles. The summed E-state index contributed by atoms with van der Waals surface area (Å²) in [6.07, 6.45) is 5.36. The average Bonchev–Trinajstić information content (AvgIpc) is 3.20. The second kappa shape index (κ2) is 7.30. The number of nitrogen functional groups attached to an aromatic ring is 1. The Hall–Kier alpha value is -3.62. The molecule has 9 nitrogen and oxygen atoms in total. The minimum atomic E-state index is 0.137. The molecule has 126 valence electrons. The van der Waals surface area contributed by atoms with Crippen molar-refractivity contribution in [3.63, 3.8) is 0 Å². The lowest BCUT2D eigenvalue weighted by atomic mass is 10.2. The van der Waals surface area contributed by atoms with E-state index >= 15 is 0 Å². The van der Waals surface area contributed by atoms with Crippen molar-refractivity contribution in [3.8, 4) is 5.82 Å². The van der Waals surface area contributed by atoms with Crippen molar-refractivity contribution in [3.05, 3.63) is 53.4 Å². The highest BCUT2D eigenvalue weighted by molar-refractivity contribution is 5.98. The van der Waals surface area contributed by atoms with E-state index < -0.39 is 0 Å². The second-order valence-corrected chi connectivity index (χ2v) is 5.13. The van der Waals surface area contributed by atoms with Crippen LogP contribution >= 0.6 is 0 Å². The maximum Gasteiger partial charge on any atom is 0.243 e. The first kappa shape index (κ1) is 16.2. The van der Waals surface area contributed by atoms with E-state index in [-0.39, 0.29) is 5.82 Å². The first-order valence-electron chi connectivity index (χ1n) is 7.47. The molecular formula is C16H16N8O. The van der Waals surface area contributed by atoms with Crippen LogP contribution in [0.2, 0.25) is 0 Å². The number of allylic oxidation sites excluding steroid dienone is 1. The fraction of sp³-hybridized carbons (Fsp3) is 0.125. The normalized spacial score (nSPS) is 12.5. The number of anilines is 1. The number of hydrogen-bond donors (Lipinski definition) is 1. The zero-order chi connectivity index (χ0) is 17.6. The third-order valence-corrected chi connectivity index (χ3v) is 3.38. The Morgan fingerprint density at radius 1 is 1.24 bits per heavy atom. The standard InChI is InChI=1S/C16H16N8O/c1-11(19-18-10-6-9-13-7-4-3-5-8-13)14-12(2)24(23-20-14)16-15(17)21-25-22-16/h3-10H,1-2H3,(H2,17,21). The molecule has 25 heavy (non-hydrogen) atoms. The van der Waals surface area contributed by atoms with E-state index in [1.807, 2.05) is 49.4 Å². The fourth-order valence-corrected chi connectivity index (χ4v) is 2.13. The van der Waals surface area contributed by atoms with Crippen LogP contribution in [0.3, 0.4) is 0 Å². The van der Waals surface area contributed by atoms with E-state index in [1.165, 1.54) is 4.68 Å². The smallest absolute Gasteiger partial charge is 0.243 e. The Kier molecular flexibility index (Phi) is 4.74. The van der Waals surface area contributed by atoms with Gasteiger partial charge in [-0.3, -0.25) is 0 Å². The molecule has 0 bridgehead atoms. The van der Waals surface area contributed by atoms with Crippen molar-refractivity contribution in [1.82, 2.24) is 25.3 Å². The molecule has 0 spiro atoms. The first-order valence-corrected chi connectivity index (χ1v) is 7.47. The Balaban J connectivity index is 1.73. The van der Waals surface area contributed by atoms with E-state index in [0.29, 0.717) is 22.9 Å². The van der Waals surface area contributed by atoms with Crippen LogP contribution in [-0.2, 0) is 0 Å². The van der Waals surface area contributed by atoms with E-state index in [0.717, 1.165) is 5.56 Å². The van der Waals surface area contributed by atoms with Gasteiger partial charge in [0.05, 0.1) is 11.4 Å². The highest BCUT2D eigenvalue weighted by Gasteiger charge is 2.17. The summed E-state index contributed by atoms with van der Waals surface area (Å²) in [5.74, 6) is 0.427. The van der Waals surface area contributed by atoms with Gasteiger partial charge in [-0.1, -0.05) is 41.6 Å². The second-order valence-electron chi connectivity index (χ2n) is 5.13. The minimum absolute atomic E-state index is 0.137. The Labute approximate surface area is 143 Å². The molecule has 1 aromatic carbocycles. The number of nitrogens with zero attached hydrogens (tertiary/aromatic N) is 7. The number of nitrogens with two attached hydrogens (primary N) is 1. The fourth-order valence-electron chi connectivity index (χ4n) is 2.13. The van der Waals surface area contributed by atoms with Crippen LogP contribution in [-0.4, -0.2) is 37.2 Å². The third kappa shape index (κ3) is 3.66. The molecule has 0 saturated heterocycles. The first-order chi connectivity index (χ1) is 12.2. The Morgan fingerprint density at radius 2 is 2.04 bits per heavy atom. The number of benzene rings is 1. The van der Waals surface area contributed by atoms with Crippen LogP contribution in [0.5, 0.6) is 0 Å². The van der Waals surface area contributed by atoms with Gasteiger partial charge in [-0.2, -0.15) is 14.9 Å². The summed E-state index contributed by atoms with van der Waals surface area (Å²) in [5.41, 5.74) is 8.67. The molecule has 3 aromatic rings. The summed E-state index contributed by atoms with van der Waals surface area (Å²) in [6.45, 7) is 3.62. The molecule has 0 radical (unpaired) electrons. The molecule has 3 rings (SSSR count). The average molecular weight is 336 g/mol. The number of aromatic nitrogens is 5. The van der Waals surface area contributed by atoms with Crippen LogP contribution in [0, 0.1) is 6.92 Å². The monoisotopic (exact) mass is 336 g/mol. The molecule has 0 saturated carbocycles. The van der Waals surface area contributed by atoms with Crippen LogP contribution in [0.4, 0.5) is 5.82 Å². The van der Waals surface area contributed by atoms with Crippen LogP contribution in [0.15, 0.2) is 51.2 Å². The van der Waals surface area contributed by atoms with Gasteiger partial charge in [-0.15, -0.1) is 5.10 Å². The maximum absolute atomic E-state index is 5.67. The number of rotatable bonds is 5. The van der Waals surface area contributed by atoms with Crippen molar-refractivity contribution in [1.29, 1.82) is 0 Å². The van der Waals surface area contributed by atoms with E-state index in [2.05, 4.69) is 35.5 Å². The van der Waals surface area contributed by atoms with Crippen molar-refractivity contribution < 1.29 is 4.63 Å². The molecule has 0 aliphatic heterocycles. The van der Waals surface area contributed by atoms with Crippen LogP contribution in [0.1, 0.15) is 23.9 Å². The van der Waals surface area contributed by atoms with Gasteiger partial charge in [0.15, 0.2) is 0 Å². The zero-order valence-corrected chi connectivity index (χ0v) is 13.7. The van der Waals surface area contributed by atoms with Crippen molar-refractivity contribution in [2.75, 3.05) is 5.73 Å². The molecule has 0 aliphatic rings. The number of hydrogen-bond acceptors (Lipinski definition) is 8. The van der Waals surface area contributed by atoms with E-state index in [4.69, 9.17) is 5.73 Å².